The molecule has 0 spiro atoms. The van der Waals surface area contributed by atoms with Crippen LogP contribution in [0.5, 0.6) is 0 Å². The van der Waals surface area contributed by atoms with E-state index in [0.29, 0.717) is 5.92 Å². The maximum absolute atomic E-state index is 5.55. The van der Waals surface area contributed by atoms with Gasteiger partial charge >= 0.3 is 0 Å². The first-order chi connectivity index (χ1) is 33.2. The van der Waals surface area contributed by atoms with Crippen LogP contribution in [0.1, 0.15) is 29.5 Å². The third-order valence-corrected chi connectivity index (χ3v) is 14.2. The molecule has 1 unspecified atom stereocenters. The smallest absolute Gasteiger partial charge is 0.160 e. The highest BCUT2D eigenvalue weighted by molar-refractivity contribution is 6.26. The molecule has 2 aliphatic rings. The van der Waals surface area contributed by atoms with E-state index in [-0.39, 0.29) is 0 Å². The maximum Gasteiger partial charge on any atom is 0.160 e. The van der Waals surface area contributed by atoms with Gasteiger partial charge in [0.1, 0.15) is 0 Å². The van der Waals surface area contributed by atoms with Crippen LogP contribution in [0, 0.1) is 5.92 Å². The molecule has 0 amide bonds. The summed E-state index contributed by atoms with van der Waals surface area (Å²) in [5, 5.41) is 9.84. The minimum atomic E-state index is 0.401. The standard InChI is InChI=1S/C63H42N4/c1-5-17-40(18-6-1)44-29-31-51-53-38-54-60(66(46-24-11-4-12-25-46)57-33-30-41-19-13-14-26-47(41)61(54)57)39-59(53)67(58(51)37-44)56-34-32-49(48-27-15-16-28-50(48)56)55-36-45-35-52(45)62(42-20-7-2-8-21-42)65-63(64-55)43-22-9-3-10-23-43/h1-34,37-39,45H,35-36H2/b62-52-,64-55?,65-63?. The van der Waals surface area contributed by atoms with Crippen molar-refractivity contribution < 1.29 is 0 Å². The minimum absolute atomic E-state index is 0.401. The van der Waals surface area contributed by atoms with E-state index < -0.39 is 0 Å². The number of hydrogen-bond donors (Lipinski definition) is 0. The van der Waals surface area contributed by atoms with Gasteiger partial charge in [0.05, 0.1) is 39.2 Å². The van der Waals surface area contributed by atoms with Crippen LogP contribution >= 0.6 is 0 Å². The first kappa shape index (κ1) is 37.7. The van der Waals surface area contributed by atoms with Gasteiger partial charge in [0.25, 0.3) is 0 Å². The lowest BCUT2D eigenvalue weighted by molar-refractivity contribution is 0.926. The fourth-order valence-corrected chi connectivity index (χ4v) is 11.0. The van der Waals surface area contributed by atoms with Crippen LogP contribution in [0.3, 0.4) is 0 Å². The summed E-state index contributed by atoms with van der Waals surface area (Å²) in [4.78, 5) is 11.0. The Balaban J connectivity index is 1.04. The van der Waals surface area contributed by atoms with Crippen molar-refractivity contribution in [3.05, 3.63) is 247 Å². The quantitative estimate of drug-likeness (QED) is 0.160. The highest BCUT2D eigenvalue weighted by atomic mass is 15.0. The first-order valence-electron chi connectivity index (χ1n) is 23.3. The zero-order chi connectivity index (χ0) is 44.0. The second kappa shape index (κ2) is 15.0. The molecule has 0 N–H and O–H groups in total. The van der Waals surface area contributed by atoms with E-state index in [2.05, 4.69) is 234 Å². The van der Waals surface area contributed by atoms with Gasteiger partial charge in [0.15, 0.2) is 5.84 Å². The van der Waals surface area contributed by atoms with Crippen LogP contribution in [0.25, 0.3) is 93.4 Å². The third-order valence-electron chi connectivity index (χ3n) is 14.2. The van der Waals surface area contributed by atoms with Gasteiger partial charge in [-0.2, -0.15) is 0 Å². The highest BCUT2D eigenvalue weighted by Crippen LogP contribution is 2.49. The Morgan fingerprint density at radius 3 is 1.79 bits per heavy atom. The van der Waals surface area contributed by atoms with E-state index >= 15 is 0 Å². The molecule has 10 aromatic carbocycles. The Bertz CT molecular complexity index is 4060. The topological polar surface area (TPSA) is 34.6 Å². The number of hydrogen-bond acceptors (Lipinski definition) is 2. The number of benzene rings is 10. The molecule has 14 rings (SSSR count). The second-order valence-electron chi connectivity index (χ2n) is 18.1. The van der Waals surface area contributed by atoms with E-state index in [9.17, 15) is 0 Å². The van der Waals surface area contributed by atoms with E-state index in [0.717, 1.165) is 63.7 Å². The molecule has 2 aromatic heterocycles. The van der Waals surface area contributed by atoms with Crippen LogP contribution in [-0.2, 0) is 0 Å². The van der Waals surface area contributed by atoms with E-state index in [4.69, 9.17) is 9.98 Å². The van der Waals surface area contributed by atoms with Crippen molar-refractivity contribution >= 4 is 82.4 Å². The summed E-state index contributed by atoms with van der Waals surface area (Å²) in [7, 11) is 0. The number of nitrogens with zero attached hydrogens (tertiary/aromatic N) is 4. The Morgan fingerprint density at radius 1 is 0.373 bits per heavy atom. The lowest BCUT2D eigenvalue weighted by Gasteiger charge is -2.18. The van der Waals surface area contributed by atoms with Crippen molar-refractivity contribution in [2.75, 3.05) is 0 Å². The molecular formula is C63H42N4. The molecule has 1 atom stereocenters. The summed E-state index contributed by atoms with van der Waals surface area (Å²) in [6, 6.07) is 81.6. The van der Waals surface area contributed by atoms with E-state index in [1.165, 1.54) is 76.3 Å². The Morgan fingerprint density at radius 2 is 1.01 bits per heavy atom. The van der Waals surface area contributed by atoms with Gasteiger partial charge in [-0.25, -0.2) is 9.98 Å². The number of aliphatic imine (C=N–C) groups is 2. The average Bonchev–Trinajstić information content (AvgIpc) is 3.95. The zero-order valence-electron chi connectivity index (χ0n) is 36.6. The fourth-order valence-electron chi connectivity index (χ4n) is 11.0. The van der Waals surface area contributed by atoms with Crippen molar-refractivity contribution in [2.24, 2.45) is 15.9 Å². The van der Waals surface area contributed by atoms with Gasteiger partial charge in [0.2, 0.25) is 0 Å². The lowest BCUT2D eigenvalue weighted by Crippen LogP contribution is -2.11. The number of fused-ring (bicyclic) bond motifs is 10. The molecule has 4 nitrogen and oxygen atoms in total. The van der Waals surface area contributed by atoms with E-state index in [1.807, 2.05) is 0 Å². The average molecular weight is 855 g/mol. The molecule has 1 aliphatic heterocycles. The summed E-state index contributed by atoms with van der Waals surface area (Å²) in [5.41, 5.74) is 16.3. The summed E-state index contributed by atoms with van der Waals surface area (Å²) in [6.07, 6.45) is 1.88. The molecule has 0 saturated heterocycles. The normalized spacial score (nSPS) is 16.1. The van der Waals surface area contributed by atoms with Gasteiger partial charge in [-0.05, 0) is 94.1 Å². The molecule has 1 saturated carbocycles. The van der Waals surface area contributed by atoms with Crippen molar-refractivity contribution in [2.45, 2.75) is 12.8 Å². The van der Waals surface area contributed by atoms with E-state index in [1.54, 1.807) is 0 Å². The predicted octanol–water partition coefficient (Wildman–Crippen LogP) is 15.9. The van der Waals surface area contributed by atoms with Crippen molar-refractivity contribution in [1.29, 1.82) is 0 Å². The number of allylic oxidation sites excluding steroid dienone is 1. The number of rotatable bonds is 6. The van der Waals surface area contributed by atoms with Crippen molar-refractivity contribution in [1.82, 2.24) is 9.13 Å². The third kappa shape index (κ3) is 6.07. The molecule has 3 heterocycles. The molecular weight excluding hydrogens is 813 g/mol. The molecule has 314 valence electrons. The number of aromatic nitrogens is 2. The Labute approximate surface area is 387 Å². The maximum atomic E-state index is 5.55. The lowest BCUT2D eigenvalue weighted by atomic mass is 9.95. The van der Waals surface area contributed by atoms with Crippen LogP contribution in [0.15, 0.2) is 240 Å². The van der Waals surface area contributed by atoms with Crippen LogP contribution in [0.2, 0.25) is 0 Å². The second-order valence-corrected chi connectivity index (χ2v) is 18.1. The molecule has 0 bridgehead atoms. The largest absolute Gasteiger partial charge is 0.309 e. The van der Waals surface area contributed by atoms with Gasteiger partial charge in [-0.1, -0.05) is 182 Å². The van der Waals surface area contributed by atoms with Gasteiger partial charge in [-0.3, -0.25) is 0 Å². The van der Waals surface area contributed by atoms with Crippen LogP contribution < -0.4 is 0 Å². The summed E-state index contributed by atoms with van der Waals surface area (Å²) in [5.74, 6) is 1.15. The molecule has 0 radical (unpaired) electrons. The van der Waals surface area contributed by atoms with Crippen molar-refractivity contribution in [3.8, 4) is 22.5 Å². The summed E-state index contributed by atoms with van der Waals surface area (Å²) >= 11 is 0. The predicted molar refractivity (Wildman–Crippen MR) is 281 cm³/mol. The van der Waals surface area contributed by atoms with Crippen LogP contribution in [-0.4, -0.2) is 20.7 Å². The SMILES string of the molecule is c1ccc(C2=N/C(c3ccccc3)=C3/CC3CC(c3ccc(-n4c5cc(-c6ccccc6)ccc5c5cc6c7c8ccccc8ccc7n(-c7ccccc7)c6cc54)c4ccccc34)=N2)cc1. The van der Waals surface area contributed by atoms with Gasteiger partial charge in [0, 0.05) is 49.3 Å². The van der Waals surface area contributed by atoms with Gasteiger partial charge in [-0.15, -0.1) is 0 Å². The Kier molecular flexibility index (Phi) is 8.44. The fraction of sp³-hybridized carbons (Fsp3) is 0.0476. The molecule has 12 aromatic rings. The molecule has 1 aliphatic carbocycles. The minimum Gasteiger partial charge on any atom is -0.309 e. The van der Waals surface area contributed by atoms with Gasteiger partial charge < -0.3 is 9.13 Å². The summed E-state index contributed by atoms with van der Waals surface area (Å²) in [6.45, 7) is 0. The number of amidine groups is 1. The summed E-state index contributed by atoms with van der Waals surface area (Å²) < 4.78 is 4.98. The van der Waals surface area contributed by atoms with Crippen molar-refractivity contribution in [3.63, 3.8) is 0 Å². The number of para-hydroxylation sites is 1. The monoisotopic (exact) mass is 854 g/mol. The first-order valence-corrected chi connectivity index (χ1v) is 23.3. The highest BCUT2D eigenvalue weighted by Gasteiger charge is 2.37. The zero-order valence-corrected chi connectivity index (χ0v) is 36.6. The van der Waals surface area contributed by atoms with Crippen LogP contribution in [0.4, 0.5) is 0 Å². The molecule has 1 fully saturated rings. The molecule has 67 heavy (non-hydrogen) atoms. The Hall–Kier alpha value is -8.60. The molecule has 4 heteroatoms.